The van der Waals surface area contributed by atoms with Gasteiger partial charge in [-0.3, -0.25) is 15.7 Å². The Morgan fingerprint density at radius 1 is 0.773 bits per heavy atom. The lowest BCUT2D eigenvalue weighted by Crippen LogP contribution is -2.22. The minimum absolute atomic E-state index is 0.757. The van der Waals surface area contributed by atoms with Crippen molar-refractivity contribution in [1.82, 2.24) is 4.90 Å². The molecule has 0 spiro atoms. The van der Waals surface area contributed by atoms with Gasteiger partial charge in [-0.15, -0.1) is 0 Å². The van der Waals surface area contributed by atoms with Crippen LogP contribution in [0.2, 0.25) is 0 Å². The van der Waals surface area contributed by atoms with Crippen LogP contribution in [-0.2, 0) is 0 Å². The standard InChI is InChI=1S/C18H38N4/c1-21(2)17(19)15-13-11-9-7-5-6-8-10-12-14-16-18(20)22(3)4/h19-20H,5-16H2,1-4H3/p+1. The molecule has 0 rings (SSSR count). The minimum atomic E-state index is 0.757. The largest absolute Gasteiger partial charge is 0.367 e. The predicted octanol–water partition coefficient (Wildman–Crippen LogP) is 3.84. The van der Waals surface area contributed by atoms with Crippen molar-refractivity contribution in [1.29, 1.82) is 5.41 Å². The van der Waals surface area contributed by atoms with Crippen molar-refractivity contribution in [3.05, 3.63) is 0 Å². The van der Waals surface area contributed by atoms with Crippen LogP contribution in [-0.4, -0.2) is 49.3 Å². The first-order valence-corrected chi connectivity index (χ1v) is 8.98. The van der Waals surface area contributed by atoms with Gasteiger partial charge < -0.3 is 4.90 Å². The van der Waals surface area contributed by atoms with Crippen LogP contribution in [0, 0.1) is 5.41 Å². The van der Waals surface area contributed by atoms with Gasteiger partial charge in [-0.25, -0.2) is 0 Å². The second kappa shape index (κ2) is 13.6. The molecular weight excluding hydrogens is 272 g/mol. The molecule has 0 fully saturated rings. The number of nitrogens with one attached hydrogen (secondary N) is 1. The summed E-state index contributed by atoms with van der Waals surface area (Å²) in [7, 11) is 7.93. The Bertz CT molecular complexity index is 317. The van der Waals surface area contributed by atoms with Crippen LogP contribution in [0.3, 0.4) is 0 Å². The first kappa shape index (κ1) is 20.9. The Labute approximate surface area is 138 Å². The Hall–Kier alpha value is -1.06. The lowest BCUT2D eigenvalue weighted by Gasteiger charge is -2.12. The Kier molecular flexibility index (Phi) is 12.9. The maximum absolute atomic E-state index is 7.73. The number of amidine groups is 2. The summed E-state index contributed by atoms with van der Waals surface area (Å²) in [6.45, 7) is 0. The number of nitrogens with zero attached hydrogens (tertiary/aromatic N) is 2. The van der Waals surface area contributed by atoms with Gasteiger partial charge in [0, 0.05) is 26.9 Å². The van der Waals surface area contributed by atoms with Crippen LogP contribution in [0.25, 0.3) is 0 Å². The van der Waals surface area contributed by atoms with Gasteiger partial charge in [-0.05, 0) is 12.8 Å². The molecule has 0 saturated carbocycles. The highest BCUT2D eigenvalue weighted by atomic mass is 15.1. The van der Waals surface area contributed by atoms with Crippen LogP contribution in [0.4, 0.5) is 0 Å². The lowest BCUT2D eigenvalue weighted by atomic mass is 10.0. The first-order valence-electron chi connectivity index (χ1n) is 8.98. The van der Waals surface area contributed by atoms with Crippen molar-refractivity contribution < 1.29 is 4.58 Å². The summed E-state index contributed by atoms with van der Waals surface area (Å²) < 4.78 is 2.01. The van der Waals surface area contributed by atoms with Crippen molar-refractivity contribution in [2.45, 2.75) is 77.0 Å². The fourth-order valence-electron chi connectivity index (χ4n) is 2.46. The third-order valence-electron chi connectivity index (χ3n) is 4.21. The van der Waals surface area contributed by atoms with E-state index in [1.807, 2.05) is 37.7 Å². The highest BCUT2D eigenvalue weighted by Crippen LogP contribution is 2.12. The first-order chi connectivity index (χ1) is 10.4. The molecule has 0 aliphatic heterocycles. The minimum Gasteiger partial charge on any atom is -0.367 e. The van der Waals surface area contributed by atoms with Crippen LogP contribution in [0.15, 0.2) is 0 Å². The van der Waals surface area contributed by atoms with Crippen molar-refractivity contribution in [3.8, 4) is 0 Å². The van der Waals surface area contributed by atoms with E-state index in [1.54, 1.807) is 0 Å². The van der Waals surface area contributed by atoms with Crippen molar-refractivity contribution in [3.63, 3.8) is 0 Å². The monoisotopic (exact) mass is 311 g/mol. The number of hydrogen-bond acceptors (Lipinski definition) is 1. The van der Waals surface area contributed by atoms with Gasteiger partial charge in [0.05, 0.1) is 19.9 Å². The molecule has 0 aromatic rings. The topological polar surface area (TPSA) is 56.1 Å². The Balaban J connectivity index is 3.21. The van der Waals surface area contributed by atoms with E-state index in [9.17, 15) is 0 Å². The molecule has 0 radical (unpaired) electrons. The van der Waals surface area contributed by atoms with Crippen LogP contribution in [0.5, 0.6) is 0 Å². The van der Waals surface area contributed by atoms with Crippen LogP contribution < -0.4 is 5.73 Å². The number of nitrogens with two attached hydrogens (primary N) is 1. The van der Waals surface area contributed by atoms with E-state index < -0.39 is 0 Å². The fraction of sp³-hybridized carbons (Fsp3) is 0.889. The molecule has 0 amide bonds. The highest BCUT2D eigenvalue weighted by molar-refractivity contribution is 5.78. The summed E-state index contributed by atoms with van der Waals surface area (Å²) in [5.74, 6) is 1.76. The fourth-order valence-corrected chi connectivity index (χ4v) is 2.46. The molecule has 4 nitrogen and oxygen atoms in total. The van der Waals surface area contributed by atoms with Gasteiger partial charge in [0.15, 0.2) is 0 Å². The second-order valence-electron chi connectivity index (χ2n) is 6.76. The molecule has 3 N–H and O–H groups in total. The maximum atomic E-state index is 7.73. The Morgan fingerprint density at radius 2 is 1.14 bits per heavy atom. The molecule has 0 aromatic carbocycles. The smallest absolute Gasteiger partial charge is 0.242 e. The van der Waals surface area contributed by atoms with E-state index in [4.69, 9.17) is 11.1 Å². The zero-order chi connectivity index (χ0) is 16.8. The molecule has 0 saturated heterocycles. The Morgan fingerprint density at radius 3 is 1.50 bits per heavy atom. The summed E-state index contributed by atoms with van der Waals surface area (Å²) >= 11 is 0. The van der Waals surface area contributed by atoms with E-state index in [0.29, 0.717) is 0 Å². The van der Waals surface area contributed by atoms with E-state index in [2.05, 4.69) is 0 Å². The SMILES string of the molecule is CN(C)C(=N)CCCCCCCCCCCCC(N)=[N+](C)C. The second-order valence-corrected chi connectivity index (χ2v) is 6.76. The molecule has 0 heterocycles. The average molecular weight is 312 g/mol. The van der Waals surface area contributed by atoms with Crippen molar-refractivity contribution in [2.75, 3.05) is 28.2 Å². The molecule has 0 aliphatic rings. The third-order valence-corrected chi connectivity index (χ3v) is 4.21. The molecular formula is C18H39N4+. The number of rotatable bonds is 13. The predicted molar refractivity (Wildman–Crippen MR) is 98.1 cm³/mol. The molecule has 22 heavy (non-hydrogen) atoms. The molecule has 4 heteroatoms. The molecule has 0 aliphatic carbocycles. The van der Waals surface area contributed by atoms with Gasteiger partial charge in [0.25, 0.3) is 0 Å². The quantitative estimate of drug-likeness (QED) is 0.235. The van der Waals surface area contributed by atoms with Crippen molar-refractivity contribution >= 4 is 11.7 Å². The summed E-state index contributed by atoms with van der Waals surface area (Å²) in [6.07, 6.45) is 15.1. The lowest BCUT2D eigenvalue weighted by molar-refractivity contribution is -0.466. The third kappa shape index (κ3) is 12.7. The van der Waals surface area contributed by atoms with Gasteiger partial charge in [0.1, 0.15) is 0 Å². The molecule has 0 aromatic heterocycles. The number of hydrogen-bond donors (Lipinski definition) is 2. The molecule has 0 unspecified atom stereocenters. The van der Waals surface area contributed by atoms with Gasteiger partial charge in [-0.2, -0.15) is 0 Å². The van der Waals surface area contributed by atoms with Crippen molar-refractivity contribution in [2.24, 2.45) is 5.73 Å². The van der Waals surface area contributed by atoms with Gasteiger partial charge in [0.2, 0.25) is 5.84 Å². The van der Waals surface area contributed by atoms with Crippen LogP contribution in [0.1, 0.15) is 77.0 Å². The highest BCUT2D eigenvalue weighted by Gasteiger charge is 2.01. The summed E-state index contributed by atoms with van der Waals surface area (Å²) in [5.41, 5.74) is 5.90. The zero-order valence-corrected chi connectivity index (χ0v) is 15.5. The zero-order valence-electron chi connectivity index (χ0n) is 15.5. The average Bonchev–Trinajstić information content (AvgIpc) is 2.47. The summed E-state index contributed by atoms with van der Waals surface area (Å²) in [6, 6.07) is 0. The van der Waals surface area contributed by atoms with E-state index >= 15 is 0 Å². The molecule has 130 valence electrons. The van der Waals surface area contributed by atoms with E-state index in [0.717, 1.165) is 24.5 Å². The summed E-state index contributed by atoms with van der Waals surface area (Å²) in [4.78, 5) is 1.91. The van der Waals surface area contributed by atoms with Crippen LogP contribution >= 0.6 is 0 Å². The number of unbranched alkanes of at least 4 members (excludes halogenated alkanes) is 9. The van der Waals surface area contributed by atoms with Gasteiger partial charge in [-0.1, -0.05) is 51.4 Å². The maximum Gasteiger partial charge on any atom is 0.242 e. The molecule has 0 atom stereocenters. The van der Waals surface area contributed by atoms with Gasteiger partial charge >= 0.3 is 0 Å². The van der Waals surface area contributed by atoms with E-state index in [1.165, 1.54) is 64.2 Å². The molecule has 0 bridgehead atoms. The summed E-state index contributed by atoms with van der Waals surface area (Å²) in [5, 5.41) is 7.73. The normalized spacial score (nSPS) is 10.5. The van der Waals surface area contributed by atoms with E-state index in [-0.39, 0.29) is 0 Å².